The number of likely N-dealkylation sites (tertiary alicyclic amines) is 1. The normalized spacial score (nSPS) is 27.8. The molecule has 2 aromatic rings. The maximum atomic E-state index is 12.9. The summed E-state index contributed by atoms with van der Waals surface area (Å²) in [5.41, 5.74) is 0.766. The fraction of sp³-hybridized carbons (Fsp3) is 0.400. The van der Waals surface area contributed by atoms with Gasteiger partial charge in [0.25, 0.3) is 0 Å². The number of ether oxygens (including phenoxy) is 1. The van der Waals surface area contributed by atoms with Crippen LogP contribution in [0.1, 0.15) is 32.3 Å². The molecule has 0 radical (unpaired) electrons. The Kier molecular flexibility index (Phi) is 4.42. The Bertz CT molecular complexity index is 617. The summed E-state index contributed by atoms with van der Waals surface area (Å²) in [6.07, 6.45) is 1.49. The van der Waals surface area contributed by atoms with Crippen molar-refractivity contribution >= 4 is 0 Å². The van der Waals surface area contributed by atoms with Crippen LogP contribution in [0.15, 0.2) is 60.7 Å². The van der Waals surface area contributed by atoms with Gasteiger partial charge in [0.15, 0.2) is 0 Å². The summed E-state index contributed by atoms with van der Waals surface area (Å²) in [7, 11) is 0. The molecule has 1 heterocycles. The average Bonchev–Trinajstić information content (AvgIpc) is 2.59. The standard InChI is InChI=1S/C20H25NO2/c1-17(2)21(22)15-13-20(14-16-21,18-9-5-3-6-10-18)23-19-11-7-4-8-12-19/h3-12,17H,13-16H2,1-2H3. The molecule has 0 bridgehead atoms. The Morgan fingerprint density at radius 2 is 1.43 bits per heavy atom. The zero-order chi connectivity index (χ0) is 16.3. The molecule has 0 saturated carbocycles. The van der Waals surface area contributed by atoms with E-state index in [9.17, 15) is 5.21 Å². The number of para-hydroxylation sites is 1. The second-order valence-corrected chi connectivity index (χ2v) is 6.77. The maximum absolute atomic E-state index is 12.9. The van der Waals surface area contributed by atoms with E-state index in [-0.39, 0.29) is 10.7 Å². The second-order valence-electron chi connectivity index (χ2n) is 6.77. The highest BCUT2D eigenvalue weighted by molar-refractivity contribution is 5.28. The molecule has 0 aromatic heterocycles. The third kappa shape index (κ3) is 3.26. The van der Waals surface area contributed by atoms with Crippen LogP contribution in [0.3, 0.4) is 0 Å². The molecule has 23 heavy (non-hydrogen) atoms. The van der Waals surface area contributed by atoms with E-state index in [1.54, 1.807) is 0 Å². The third-order valence-electron chi connectivity index (χ3n) is 5.09. The SMILES string of the molecule is CC(C)[N+]1([O-])CCC(Oc2ccccc2)(c2ccccc2)CC1. The van der Waals surface area contributed by atoms with Gasteiger partial charge in [-0.3, -0.25) is 0 Å². The van der Waals surface area contributed by atoms with Gasteiger partial charge in [-0.25, -0.2) is 0 Å². The van der Waals surface area contributed by atoms with Gasteiger partial charge in [-0.2, -0.15) is 0 Å². The number of piperidine rings is 1. The van der Waals surface area contributed by atoms with E-state index >= 15 is 0 Å². The first-order valence-electron chi connectivity index (χ1n) is 8.41. The molecule has 0 spiro atoms. The lowest BCUT2D eigenvalue weighted by molar-refractivity contribution is -0.908. The van der Waals surface area contributed by atoms with Gasteiger partial charge >= 0.3 is 0 Å². The van der Waals surface area contributed by atoms with E-state index in [2.05, 4.69) is 12.1 Å². The first-order valence-corrected chi connectivity index (χ1v) is 8.41. The van der Waals surface area contributed by atoms with Crippen LogP contribution in [0, 0.1) is 5.21 Å². The van der Waals surface area contributed by atoms with Gasteiger partial charge in [-0.05, 0) is 31.5 Å². The van der Waals surface area contributed by atoms with Crippen molar-refractivity contribution in [2.24, 2.45) is 0 Å². The molecule has 2 aromatic carbocycles. The summed E-state index contributed by atoms with van der Waals surface area (Å²) in [5.74, 6) is 0.867. The molecule has 0 unspecified atom stereocenters. The highest BCUT2D eigenvalue weighted by Gasteiger charge is 2.43. The first kappa shape index (κ1) is 16.0. The van der Waals surface area contributed by atoms with Crippen LogP contribution < -0.4 is 4.74 Å². The van der Waals surface area contributed by atoms with Crippen LogP contribution in [0.4, 0.5) is 0 Å². The van der Waals surface area contributed by atoms with Crippen molar-refractivity contribution in [3.05, 3.63) is 71.4 Å². The van der Waals surface area contributed by atoms with Crippen molar-refractivity contribution in [2.45, 2.75) is 38.3 Å². The molecule has 1 aliphatic rings. The predicted molar refractivity (Wildman–Crippen MR) is 92.9 cm³/mol. The smallest absolute Gasteiger partial charge is 0.145 e. The minimum Gasteiger partial charge on any atom is -0.633 e. The van der Waals surface area contributed by atoms with E-state index in [1.165, 1.54) is 5.56 Å². The zero-order valence-electron chi connectivity index (χ0n) is 13.9. The predicted octanol–water partition coefficient (Wildman–Crippen LogP) is 4.48. The molecule has 1 saturated heterocycles. The number of hydrogen-bond acceptors (Lipinski definition) is 2. The highest BCUT2D eigenvalue weighted by Crippen LogP contribution is 2.40. The van der Waals surface area contributed by atoms with Crippen LogP contribution in [0.5, 0.6) is 5.75 Å². The number of benzene rings is 2. The molecule has 1 aliphatic heterocycles. The first-order chi connectivity index (χ1) is 11.0. The molecular weight excluding hydrogens is 286 g/mol. The number of hydrogen-bond donors (Lipinski definition) is 0. The van der Waals surface area contributed by atoms with Crippen LogP contribution in [0.25, 0.3) is 0 Å². The molecule has 0 atom stereocenters. The second kappa shape index (κ2) is 6.34. The maximum Gasteiger partial charge on any atom is 0.145 e. The van der Waals surface area contributed by atoms with Gasteiger partial charge in [0.1, 0.15) is 11.4 Å². The molecule has 3 heteroatoms. The van der Waals surface area contributed by atoms with Gasteiger partial charge in [0.05, 0.1) is 19.1 Å². The van der Waals surface area contributed by atoms with Crippen molar-refractivity contribution in [3.63, 3.8) is 0 Å². The fourth-order valence-corrected chi connectivity index (χ4v) is 3.40. The lowest BCUT2D eigenvalue weighted by atomic mass is 9.83. The Balaban J connectivity index is 1.90. The van der Waals surface area contributed by atoms with Crippen molar-refractivity contribution in [1.29, 1.82) is 0 Å². The van der Waals surface area contributed by atoms with Crippen molar-refractivity contribution in [3.8, 4) is 5.75 Å². The van der Waals surface area contributed by atoms with E-state index in [1.807, 2.05) is 62.4 Å². The molecule has 0 amide bonds. The zero-order valence-corrected chi connectivity index (χ0v) is 13.9. The van der Waals surface area contributed by atoms with Crippen LogP contribution >= 0.6 is 0 Å². The average molecular weight is 311 g/mol. The summed E-state index contributed by atoms with van der Waals surface area (Å²) in [6.45, 7) is 5.22. The largest absolute Gasteiger partial charge is 0.633 e. The quantitative estimate of drug-likeness (QED) is 0.616. The van der Waals surface area contributed by atoms with E-state index in [4.69, 9.17) is 4.74 Å². The van der Waals surface area contributed by atoms with Gasteiger partial charge in [0, 0.05) is 12.8 Å². The Hall–Kier alpha value is -1.84. The summed E-state index contributed by atoms with van der Waals surface area (Å²) in [4.78, 5) is 0. The molecular formula is C20H25NO2. The van der Waals surface area contributed by atoms with Gasteiger partial charge < -0.3 is 14.6 Å². The lowest BCUT2D eigenvalue weighted by Gasteiger charge is -2.53. The molecule has 0 N–H and O–H groups in total. The van der Waals surface area contributed by atoms with Gasteiger partial charge in [-0.15, -0.1) is 0 Å². The minimum atomic E-state index is -0.399. The molecule has 3 nitrogen and oxygen atoms in total. The summed E-state index contributed by atoms with van der Waals surface area (Å²) in [5, 5.41) is 12.9. The summed E-state index contributed by atoms with van der Waals surface area (Å²) in [6, 6.07) is 20.4. The van der Waals surface area contributed by atoms with Gasteiger partial charge in [0.2, 0.25) is 0 Å². The van der Waals surface area contributed by atoms with Crippen LogP contribution in [-0.2, 0) is 5.60 Å². The van der Waals surface area contributed by atoms with E-state index in [0.717, 1.165) is 18.6 Å². The Morgan fingerprint density at radius 3 is 1.96 bits per heavy atom. The van der Waals surface area contributed by atoms with E-state index < -0.39 is 5.60 Å². The number of quaternary nitrogens is 1. The summed E-state index contributed by atoms with van der Waals surface area (Å²) >= 11 is 0. The highest BCUT2D eigenvalue weighted by atomic mass is 16.6. The fourth-order valence-electron chi connectivity index (χ4n) is 3.40. The number of rotatable bonds is 4. The molecule has 122 valence electrons. The van der Waals surface area contributed by atoms with Crippen molar-refractivity contribution in [2.75, 3.05) is 13.1 Å². The van der Waals surface area contributed by atoms with Crippen LogP contribution in [0.2, 0.25) is 0 Å². The van der Waals surface area contributed by atoms with Crippen LogP contribution in [-0.4, -0.2) is 23.8 Å². The third-order valence-corrected chi connectivity index (χ3v) is 5.09. The van der Waals surface area contributed by atoms with E-state index in [0.29, 0.717) is 13.1 Å². The van der Waals surface area contributed by atoms with Gasteiger partial charge in [-0.1, -0.05) is 48.5 Å². The topological polar surface area (TPSA) is 32.3 Å². The Morgan fingerprint density at radius 1 is 0.913 bits per heavy atom. The monoisotopic (exact) mass is 311 g/mol. The Labute approximate surface area is 138 Å². The number of hydroxylamine groups is 3. The van der Waals surface area contributed by atoms with Crippen molar-refractivity contribution in [1.82, 2.24) is 0 Å². The van der Waals surface area contributed by atoms with Crippen molar-refractivity contribution < 1.29 is 9.38 Å². The molecule has 1 fully saturated rings. The number of nitrogens with zero attached hydrogens (tertiary/aromatic N) is 1. The molecule has 0 aliphatic carbocycles. The lowest BCUT2D eigenvalue weighted by Crippen LogP contribution is -2.57. The minimum absolute atomic E-state index is 0.0977. The molecule has 3 rings (SSSR count). The summed E-state index contributed by atoms with van der Waals surface area (Å²) < 4.78 is 6.33.